The average molecular weight is 411 g/mol. The molecule has 11 heteroatoms. The Bertz CT molecular complexity index is 791. The molecule has 134 valence electrons. The number of benzene rings is 1. The zero-order valence-corrected chi connectivity index (χ0v) is 14.9. The lowest BCUT2D eigenvalue weighted by atomic mass is 10.1. The van der Waals surface area contributed by atoms with Gasteiger partial charge < -0.3 is 5.32 Å². The van der Waals surface area contributed by atoms with Crippen molar-refractivity contribution in [2.75, 3.05) is 6.54 Å². The van der Waals surface area contributed by atoms with Crippen LogP contribution < -0.4 is 5.32 Å². The summed E-state index contributed by atoms with van der Waals surface area (Å²) in [4.78, 5) is 14.4. The standard InChI is InChI=1S/C14H12Cl3F2N5O/c15-10-1-2-11(23-7-20-6-22-23)9(12(10)19)4-21-13(25)14(16)3-8(18)5-24(14)17/h1-2,6-8H,3-5H2,(H,21,25)/t8-,14+/m1/s1. The molecule has 3 rings (SSSR count). The first-order valence-corrected chi connectivity index (χ1v) is 8.29. The Labute approximate surface area is 156 Å². The van der Waals surface area contributed by atoms with Gasteiger partial charge in [0.25, 0.3) is 5.91 Å². The van der Waals surface area contributed by atoms with Gasteiger partial charge >= 0.3 is 0 Å². The molecule has 0 saturated carbocycles. The van der Waals surface area contributed by atoms with Crippen LogP contribution in [-0.2, 0) is 11.3 Å². The summed E-state index contributed by atoms with van der Waals surface area (Å²) in [6.45, 7) is -0.412. The normalized spacial score (nSPS) is 23.8. The number of aromatic nitrogens is 3. The third-order valence-corrected chi connectivity index (χ3v) is 5.18. The van der Waals surface area contributed by atoms with Crippen LogP contribution in [0.15, 0.2) is 24.8 Å². The van der Waals surface area contributed by atoms with E-state index in [-0.39, 0.29) is 30.1 Å². The second kappa shape index (κ2) is 7.03. The summed E-state index contributed by atoms with van der Waals surface area (Å²) in [5.41, 5.74) is 0.434. The number of nitrogens with zero attached hydrogens (tertiary/aromatic N) is 4. The first-order valence-electron chi connectivity index (χ1n) is 7.19. The van der Waals surface area contributed by atoms with Gasteiger partial charge in [0.1, 0.15) is 24.6 Å². The minimum atomic E-state index is -1.73. The molecular formula is C14H12Cl3F2N5O. The van der Waals surface area contributed by atoms with Crippen molar-refractivity contribution in [3.05, 3.63) is 41.2 Å². The second-order valence-corrected chi connectivity index (χ2v) is 6.93. The molecule has 0 unspecified atom stereocenters. The molecule has 1 saturated heterocycles. The Morgan fingerprint density at radius 3 is 2.84 bits per heavy atom. The number of halogens is 5. The lowest BCUT2D eigenvalue weighted by Crippen LogP contribution is -2.47. The SMILES string of the molecule is O=C(NCc1c(-n2cncn2)ccc(Cl)c1F)[C@]1(Cl)C[C@@H](F)CN1Cl. The number of nitrogens with one attached hydrogen (secondary N) is 1. The van der Waals surface area contributed by atoms with E-state index in [2.05, 4.69) is 15.4 Å². The smallest absolute Gasteiger partial charge is 0.257 e. The van der Waals surface area contributed by atoms with Crippen LogP contribution in [0.4, 0.5) is 8.78 Å². The number of amides is 1. The van der Waals surface area contributed by atoms with Crippen molar-refractivity contribution in [1.82, 2.24) is 24.5 Å². The van der Waals surface area contributed by atoms with Gasteiger partial charge in [-0.1, -0.05) is 23.2 Å². The minimum absolute atomic E-state index is 0.0857. The summed E-state index contributed by atoms with van der Waals surface area (Å²) in [6, 6.07) is 2.91. The van der Waals surface area contributed by atoms with Crippen LogP contribution in [0.2, 0.25) is 5.02 Å². The van der Waals surface area contributed by atoms with Gasteiger partial charge in [0, 0.05) is 25.1 Å². The first kappa shape index (κ1) is 18.3. The molecule has 0 spiro atoms. The third-order valence-electron chi connectivity index (χ3n) is 3.85. The Kier molecular flexibility index (Phi) is 5.15. The van der Waals surface area contributed by atoms with Gasteiger partial charge in [-0.3, -0.25) is 4.79 Å². The van der Waals surface area contributed by atoms with Gasteiger partial charge in [0.05, 0.1) is 10.7 Å². The molecule has 2 atom stereocenters. The monoisotopic (exact) mass is 409 g/mol. The zero-order valence-electron chi connectivity index (χ0n) is 12.6. The number of alkyl halides is 2. The van der Waals surface area contributed by atoms with Gasteiger partial charge in [-0.05, 0) is 23.9 Å². The molecule has 6 nitrogen and oxygen atoms in total. The Hall–Kier alpha value is -1.48. The number of carbonyl (C=O) groups is 1. The molecule has 1 amide bonds. The van der Waals surface area contributed by atoms with E-state index in [1.165, 1.54) is 23.4 Å². The van der Waals surface area contributed by atoms with Gasteiger partial charge in [-0.2, -0.15) is 9.52 Å². The number of rotatable bonds is 4. The highest BCUT2D eigenvalue weighted by molar-refractivity contribution is 6.37. The maximum Gasteiger partial charge on any atom is 0.257 e. The molecule has 1 aromatic heterocycles. The van der Waals surface area contributed by atoms with E-state index < -0.39 is 22.9 Å². The maximum absolute atomic E-state index is 14.4. The zero-order chi connectivity index (χ0) is 18.2. The van der Waals surface area contributed by atoms with E-state index in [0.717, 1.165) is 4.42 Å². The van der Waals surface area contributed by atoms with Crippen LogP contribution in [0.25, 0.3) is 5.69 Å². The summed E-state index contributed by atoms with van der Waals surface area (Å²) in [7, 11) is 0. The van der Waals surface area contributed by atoms with Crippen molar-refractivity contribution in [2.24, 2.45) is 0 Å². The topological polar surface area (TPSA) is 63.1 Å². The molecule has 1 aliphatic rings. The van der Waals surface area contributed by atoms with E-state index in [0.29, 0.717) is 5.69 Å². The molecule has 1 N–H and O–H groups in total. The van der Waals surface area contributed by atoms with Crippen LogP contribution in [0.3, 0.4) is 0 Å². The molecule has 0 radical (unpaired) electrons. The Morgan fingerprint density at radius 1 is 1.48 bits per heavy atom. The van der Waals surface area contributed by atoms with Crippen LogP contribution in [0.1, 0.15) is 12.0 Å². The lowest BCUT2D eigenvalue weighted by Gasteiger charge is -2.25. The predicted molar refractivity (Wildman–Crippen MR) is 88.8 cm³/mol. The Balaban J connectivity index is 1.84. The van der Waals surface area contributed by atoms with Gasteiger partial charge in [-0.25, -0.2) is 18.4 Å². The molecule has 0 bridgehead atoms. The van der Waals surface area contributed by atoms with Crippen molar-refractivity contribution in [3.63, 3.8) is 0 Å². The van der Waals surface area contributed by atoms with Gasteiger partial charge in [0.15, 0.2) is 5.00 Å². The fourth-order valence-electron chi connectivity index (χ4n) is 2.58. The van der Waals surface area contributed by atoms with Crippen LogP contribution >= 0.6 is 35.0 Å². The average Bonchev–Trinajstić information content (AvgIpc) is 3.17. The van der Waals surface area contributed by atoms with E-state index >= 15 is 0 Å². The molecular weight excluding hydrogens is 399 g/mol. The highest BCUT2D eigenvalue weighted by atomic mass is 35.5. The summed E-state index contributed by atoms with van der Waals surface area (Å²) < 4.78 is 30.2. The minimum Gasteiger partial charge on any atom is -0.349 e. The van der Waals surface area contributed by atoms with Gasteiger partial charge in [-0.15, -0.1) is 0 Å². The fourth-order valence-corrected chi connectivity index (χ4v) is 3.36. The lowest BCUT2D eigenvalue weighted by molar-refractivity contribution is -0.126. The summed E-state index contributed by atoms with van der Waals surface area (Å²) in [5.74, 6) is -1.44. The number of hydrogen-bond acceptors (Lipinski definition) is 4. The first-order chi connectivity index (χ1) is 11.8. The summed E-state index contributed by atoms with van der Waals surface area (Å²) >= 11 is 17.8. The number of carbonyl (C=O) groups excluding carboxylic acids is 1. The summed E-state index contributed by atoms with van der Waals surface area (Å²) in [5, 5.41) is 6.30. The molecule has 25 heavy (non-hydrogen) atoms. The van der Waals surface area contributed by atoms with E-state index in [1.54, 1.807) is 6.07 Å². The summed E-state index contributed by atoms with van der Waals surface area (Å²) in [6.07, 6.45) is 1.07. The molecule has 1 aliphatic heterocycles. The van der Waals surface area contributed by atoms with Crippen molar-refractivity contribution in [3.8, 4) is 5.69 Å². The van der Waals surface area contributed by atoms with Crippen molar-refractivity contribution < 1.29 is 13.6 Å². The molecule has 1 aromatic carbocycles. The third kappa shape index (κ3) is 3.44. The molecule has 2 aromatic rings. The van der Waals surface area contributed by atoms with Crippen LogP contribution in [0, 0.1) is 5.82 Å². The second-order valence-electron chi connectivity index (χ2n) is 5.49. The highest BCUT2D eigenvalue weighted by Crippen LogP contribution is 2.37. The van der Waals surface area contributed by atoms with Crippen molar-refractivity contribution in [1.29, 1.82) is 0 Å². The quantitative estimate of drug-likeness (QED) is 0.478. The predicted octanol–water partition coefficient (Wildman–Crippen LogP) is 2.81. The fraction of sp³-hybridized carbons (Fsp3) is 0.357. The number of hydrogen-bond donors (Lipinski definition) is 1. The Morgan fingerprint density at radius 2 is 2.24 bits per heavy atom. The molecule has 0 aliphatic carbocycles. The highest BCUT2D eigenvalue weighted by Gasteiger charge is 2.50. The molecule has 1 fully saturated rings. The van der Waals surface area contributed by atoms with E-state index in [4.69, 9.17) is 35.0 Å². The maximum atomic E-state index is 14.4. The van der Waals surface area contributed by atoms with E-state index in [9.17, 15) is 13.6 Å². The van der Waals surface area contributed by atoms with E-state index in [1.807, 2.05) is 0 Å². The largest absolute Gasteiger partial charge is 0.349 e. The van der Waals surface area contributed by atoms with Gasteiger partial charge in [0.2, 0.25) is 0 Å². The van der Waals surface area contributed by atoms with Crippen molar-refractivity contribution >= 4 is 40.9 Å². The van der Waals surface area contributed by atoms with Crippen molar-refractivity contribution in [2.45, 2.75) is 24.1 Å². The van der Waals surface area contributed by atoms with Crippen LogP contribution in [0.5, 0.6) is 0 Å². The van der Waals surface area contributed by atoms with Crippen LogP contribution in [-0.4, -0.2) is 42.8 Å². The molecule has 2 heterocycles.